The molecule has 1 aromatic heterocycles. The number of anilines is 1. The smallest absolute Gasteiger partial charge is 0.337 e. The number of aryl methyl sites for hydroxylation is 1. The highest BCUT2D eigenvalue weighted by atomic mass is 16.6. The molecule has 2 heterocycles. The predicted octanol–water partition coefficient (Wildman–Crippen LogP) is 4.77. The molecule has 1 aliphatic carbocycles. The van der Waals surface area contributed by atoms with Crippen molar-refractivity contribution in [1.29, 1.82) is 0 Å². The molecule has 1 saturated carbocycles. The van der Waals surface area contributed by atoms with Gasteiger partial charge >= 0.3 is 5.97 Å². The number of fused-ring (bicyclic) bond motifs is 1. The minimum atomic E-state index is -0.480. The lowest BCUT2D eigenvalue weighted by Gasteiger charge is -2.30. The maximum absolute atomic E-state index is 13.2. The number of nitro groups is 1. The lowest BCUT2D eigenvalue weighted by molar-refractivity contribution is -0.384. The van der Waals surface area contributed by atoms with Gasteiger partial charge in [-0.3, -0.25) is 14.8 Å². The Morgan fingerprint density at radius 2 is 2.03 bits per heavy atom. The average Bonchev–Trinajstić information content (AvgIpc) is 3.35. The van der Waals surface area contributed by atoms with Gasteiger partial charge in [0.15, 0.2) is 0 Å². The standard InChI is InChI=1S/C23H28N4O4/c1-13(2)31-23(28)18-14(3)24-22-20(21(25-26(22)4)15-8-5-6-9-15)19(18)16-10-7-11-17(12-16)27(29)30/h7,10-13,15,19,24H,5-6,8-9H2,1-4H3. The van der Waals surface area contributed by atoms with E-state index < -0.39 is 16.8 Å². The predicted molar refractivity (Wildman–Crippen MR) is 117 cm³/mol. The van der Waals surface area contributed by atoms with E-state index in [4.69, 9.17) is 9.84 Å². The van der Waals surface area contributed by atoms with E-state index in [9.17, 15) is 14.9 Å². The Kier molecular flexibility index (Phi) is 5.56. The molecule has 31 heavy (non-hydrogen) atoms. The van der Waals surface area contributed by atoms with E-state index in [0.29, 0.717) is 22.8 Å². The fraction of sp³-hybridized carbons (Fsp3) is 0.478. The Hall–Kier alpha value is -3.16. The van der Waals surface area contributed by atoms with Crippen LogP contribution < -0.4 is 5.32 Å². The van der Waals surface area contributed by atoms with Crippen LogP contribution in [-0.4, -0.2) is 26.8 Å². The normalized spacial score (nSPS) is 18.8. The lowest BCUT2D eigenvalue weighted by atomic mass is 9.79. The summed E-state index contributed by atoms with van der Waals surface area (Å²) in [5.74, 6) is 0.255. The Morgan fingerprint density at radius 1 is 1.32 bits per heavy atom. The zero-order valence-corrected chi connectivity index (χ0v) is 18.3. The number of nitrogens with one attached hydrogen (secondary N) is 1. The average molecular weight is 425 g/mol. The number of rotatable bonds is 5. The van der Waals surface area contributed by atoms with Crippen LogP contribution in [-0.2, 0) is 16.6 Å². The van der Waals surface area contributed by atoms with Gasteiger partial charge in [-0.15, -0.1) is 0 Å². The van der Waals surface area contributed by atoms with Gasteiger partial charge < -0.3 is 10.1 Å². The monoisotopic (exact) mass is 424 g/mol. The Balaban J connectivity index is 1.93. The van der Waals surface area contributed by atoms with Crippen LogP contribution in [0.4, 0.5) is 11.5 Å². The molecule has 0 spiro atoms. The van der Waals surface area contributed by atoms with Gasteiger partial charge in [-0.25, -0.2) is 4.79 Å². The number of hydrogen-bond donors (Lipinski definition) is 1. The number of carbonyl (C=O) groups is 1. The minimum absolute atomic E-state index is 0.00174. The molecule has 1 aromatic carbocycles. The molecule has 164 valence electrons. The number of allylic oxidation sites excluding steroid dienone is 1. The quantitative estimate of drug-likeness (QED) is 0.422. The van der Waals surface area contributed by atoms with Crippen LogP contribution in [0.5, 0.6) is 0 Å². The minimum Gasteiger partial charge on any atom is -0.460 e. The van der Waals surface area contributed by atoms with Crippen LogP contribution in [0.15, 0.2) is 35.5 Å². The summed E-state index contributed by atoms with van der Waals surface area (Å²) < 4.78 is 7.40. The second-order valence-electron chi connectivity index (χ2n) is 8.66. The van der Waals surface area contributed by atoms with Crippen molar-refractivity contribution in [3.63, 3.8) is 0 Å². The molecule has 4 rings (SSSR count). The fourth-order valence-electron chi connectivity index (χ4n) is 4.80. The summed E-state index contributed by atoms with van der Waals surface area (Å²) in [5.41, 5.74) is 3.75. The molecule has 1 atom stereocenters. The van der Waals surface area contributed by atoms with E-state index in [2.05, 4.69) is 5.32 Å². The van der Waals surface area contributed by atoms with E-state index in [1.165, 1.54) is 6.07 Å². The highest BCUT2D eigenvalue weighted by molar-refractivity contribution is 5.94. The van der Waals surface area contributed by atoms with Gasteiger partial charge in [-0.1, -0.05) is 25.0 Å². The largest absolute Gasteiger partial charge is 0.460 e. The summed E-state index contributed by atoms with van der Waals surface area (Å²) in [6.45, 7) is 5.46. The Bertz CT molecular complexity index is 1060. The van der Waals surface area contributed by atoms with Crippen LogP contribution in [0, 0.1) is 10.1 Å². The van der Waals surface area contributed by atoms with Crippen molar-refractivity contribution < 1.29 is 14.5 Å². The van der Waals surface area contributed by atoms with E-state index >= 15 is 0 Å². The second kappa shape index (κ2) is 8.17. The van der Waals surface area contributed by atoms with Crippen LogP contribution in [0.2, 0.25) is 0 Å². The molecule has 1 unspecified atom stereocenters. The zero-order chi connectivity index (χ0) is 22.3. The SMILES string of the molecule is CC1=C(C(=O)OC(C)C)C(c2cccc([N+](=O)[O-])c2)c2c(C3CCCC3)nn(C)c2N1. The van der Waals surface area contributed by atoms with Crippen molar-refractivity contribution >= 4 is 17.5 Å². The number of ether oxygens (including phenoxy) is 1. The molecule has 1 N–H and O–H groups in total. The molecule has 0 amide bonds. The van der Waals surface area contributed by atoms with E-state index in [0.717, 1.165) is 42.8 Å². The number of hydrogen-bond acceptors (Lipinski definition) is 6. The summed E-state index contributed by atoms with van der Waals surface area (Å²) in [4.78, 5) is 24.2. The van der Waals surface area contributed by atoms with Gasteiger partial charge in [0.05, 0.1) is 22.3 Å². The first-order valence-electron chi connectivity index (χ1n) is 10.8. The first-order chi connectivity index (χ1) is 14.8. The third-order valence-corrected chi connectivity index (χ3v) is 6.12. The van der Waals surface area contributed by atoms with Crippen LogP contribution >= 0.6 is 0 Å². The summed E-state index contributed by atoms with van der Waals surface area (Å²) in [6.07, 6.45) is 4.15. The number of carbonyl (C=O) groups excluding carboxylic acids is 1. The molecule has 8 nitrogen and oxygen atoms in total. The van der Waals surface area contributed by atoms with Crippen LogP contribution in [0.25, 0.3) is 0 Å². The van der Waals surface area contributed by atoms with E-state index in [1.54, 1.807) is 12.1 Å². The number of aromatic nitrogens is 2. The van der Waals surface area contributed by atoms with Crippen molar-refractivity contribution in [2.75, 3.05) is 5.32 Å². The highest BCUT2D eigenvalue weighted by Crippen LogP contribution is 2.48. The molecule has 8 heteroatoms. The molecule has 0 saturated heterocycles. The topological polar surface area (TPSA) is 99.3 Å². The molecule has 1 fully saturated rings. The number of esters is 1. The maximum atomic E-state index is 13.2. The number of benzene rings is 1. The summed E-state index contributed by atoms with van der Waals surface area (Å²) in [7, 11) is 1.89. The zero-order valence-electron chi connectivity index (χ0n) is 18.3. The highest BCUT2D eigenvalue weighted by Gasteiger charge is 2.40. The van der Waals surface area contributed by atoms with Crippen molar-refractivity contribution in [2.45, 2.75) is 64.4 Å². The molecule has 2 aliphatic rings. The first-order valence-corrected chi connectivity index (χ1v) is 10.8. The number of nitrogens with zero attached hydrogens (tertiary/aromatic N) is 3. The Labute approximate surface area is 181 Å². The summed E-state index contributed by atoms with van der Waals surface area (Å²) in [5, 5.41) is 19.7. The molecular weight excluding hydrogens is 396 g/mol. The van der Waals surface area contributed by atoms with Gasteiger partial charge in [0.25, 0.3) is 5.69 Å². The molecular formula is C23H28N4O4. The van der Waals surface area contributed by atoms with Crippen LogP contribution in [0.3, 0.4) is 0 Å². The van der Waals surface area contributed by atoms with Gasteiger partial charge in [0.1, 0.15) is 5.82 Å². The molecule has 0 radical (unpaired) electrons. The molecule has 1 aliphatic heterocycles. The fourth-order valence-corrected chi connectivity index (χ4v) is 4.80. The third kappa shape index (κ3) is 3.82. The van der Waals surface area contributed by atoms with Gasteiger partial charge in [-0.05, 0) is 39.2 Å². The summed E-state index contributed by atoms with van der Waals surface area (Å²) >= 11 is 0. The lowest BCUT2D eigenvalue weighted by Crippen LogP contribution is -2.27. The van der Waals surface area contributed by atoms with Gasteiger partial charge in [0.2, 0.25) is 0 Å². The van der Waals surface area contributed by atoms with Gasteiger partial charge in [0, 0.05) is 42.3 Å². The number of nitro benzene ring substituents is 1. The first kappa shape index (κ1) is 21.1. The third-order valence-electron chi connectivity index (χ3n) is 6.12. The van der Waals surface area contributed by atoms with Gasteiger partial charge in [-0.2, -0.15) is 5.10 Å². The number of non-ortho nitro benzene ring substituents is 1. The maximum Gasteiger partial charge on any atom is 0.337 e. The van der Waals surface area contributed by atoms with Crippen molar-refractivity contribution in [3.8, 4) is 0 Å². The molecule has 2 aromatic rings. The van der Waals surface area contributed by atoms with Crippen molar-refractivity contribution in [3.05, 3.63) is 62.5 Å². The van der Waals surface area contributed by atoms with E-state index in [1.807, 2.05) is 38.6 Å². The summed E-state index contributed by atoms with van der Waals surface area (Å²) in [6, 6.07) is 6.53. The van der Waals surface area contributed by atoms with Crippen molar-refractivity contribution in [2.24, 2.45) is 7.05 Å². The second-order valence-corrected chi connectivity index (χ2v) is 8.66. The van der Waals surface area contributed by atoms with Crippen molar-refractivity contribution in [1.82, 2.24) is 9.78 Å². The molecule has 0 bridgehead atoms. The van der Waals surface area contributed by atoms with Crippen LogP contribution in [0.1, 0.15) is 75.1 Å². The Morgan fingerprint density at radius 3 is 2.68 bits per heavy atom. The van der Waals surface area contributed by atoms with E-state index in [-0.39, 0.29) is 11.8 Å².